The molecular formula is C22H29N3O4S. The quantitative estimate of drug-likeness (QED) is 0.598. The summed E-state index contributed by atoms with van der Waals surface area (Å²) < 4.78 is 35.0. The topological polar surface area (TPSA) is 81.5 Å². The molecule has 0 atom stereocenters. The van der Waals surface area contributed by atoms with Gasteiger partial charge in [0.2, 0.25) is 0 Å². The summed E-state index contributed by atoms with van der Waals surface area (Å²) in [6.07, 6.45) is 11.2. The molecular weight excluding hydrogens is 402 g/mol. The molecule has 2 aromatic rings. The largest absolute Gasteiger partial charge is 0.468 e. The van der Waals surface area contributed by atoms with E-state index >= 15 is 0 Å². The number of imidazole rings is 1. The summed E-state index contributed by atoms with van der Waals surface area (Å²) in [7, 11) is -2.34. The zero-order valence-electron chi connectivity index (χ0n) is 17.6. The van der Waals surface area contributed by atoms with Crippen molar-refractivity contribution in [3.05, 3.63) is 48.0 Å². The number of nitrogens with zero attached hydrogens (tertiary/aromatic N) is 3. The van der Waals surface area contributed by atoms with Gasteiger partial charge in [0, 0.05) is 12.4 Å². The van der Waals surface area contributed by atoms with Crippen molar-refractivity contribution in [1.29, 1.82) is 0 Å². The Morgan fingerprint density at radius 2 is 2.03 bits per heavy atom. The second-order valence-electron chi connectivity index (χ2n) is 8.30. The third-order valence-electron chi connectivity index (χ3n) is 6.40. The Morgan fingerprint density at radius 1 is 1.30 bits per heavy atom. The number of sulfonamides is 1. The average molecular weight is 432 g/mol. The number of carbonyl (C=O) groups is 1. The van der Waals surface area contributed by atoms with Crippen molar-refractivity contribution in [2.45, 2.75) is 68.1 Å². The fraction of sp³-hybridized carbons (Fsp3) is 0.545. The van der Waals surface area contributed by atoms with Crippen LogP contribution in [0.5, 0.6) is 0 Å². The van der Waals surface area contributed by atoms with Gasteiger partial charge >= 0.3 is 5.97 Å². The van der Waals surface area contributed by atoms with Crippen LogP contribution in [-0.2, 0) is 25.0 Å². The van der Waals surface area contributed by atoms with E-state index in [4.69, 9.17) is 4.74 Å². The molecule has 0 unspecified atom stereocenters. The van der Waals surface area contributed by atoms with Crippen LogP contribution in [0.25, 0.3) is 0 Å². The molecule has 0 saturated heterocycles. The second kappa shape index (κ2) is 8.06. The second-order valence-corrected chi connectivity index (χ2v) is 10.1. The van der Waals surface area contributed by atoms with Crippen LogP contribution in [0, 0.1) is 0 Å². The Hall–Kier alpha value is -2.35. The van der Waals surface area contributed by atoms with Crippen molar-refractivity contribution in [3.8, 4) is 0 Å². The molecule has 1 aromatic carbocycles. The van der Waals surface area contributed by atoms with Crippen LogP contribution in [0.15, 0.2) is 41.8 Å². The smallest absolute Gasteiger partial charge is 0.316 e. The number of aromatic nitrogens is 2. The van der Waals surface area contributed by atoms with E-state index in [1.54, 1.807) is 18.5 Å². The fourth-order valence-electron chi connectivity index (χ4n) is 4.67. The number of hydrogen-bond donors (Lipinski definition) is 0. The lowest BCUT2D eigenvalue weighted by Crippen LogP contribution is -2.40. The van der Waals surface area contributed by atoms with E-state index in [9.17, 15) is 13.2 Å². The Balaban J connectivity index is 1.80. The molecule has 4 rings (SSSR count). The molecule has 30 heavy (non-hydrogen) atoms. The molecule has 0 bridgehead atoms. The lowest BCUT2D eigenvalue weighted by Gasteiger charge is -2.26. The zero-order valence-corrected chi connectivity index (χ0v) is 18.4. The maximum absolute atomic E-state index is 13.5. The zero-order chi connectivity index (χ0) is 21.4. The summed E-state index contributed by atoms with van der Waals surface area (Å²) in [5.41, 5.74) is 1.34. The van der Waals surface area contributed by atoms with Crippen molar-refractivity contribution in [2.24, 2.45) is 0 Å². The number of hydrogen-bond acceptors (Lipinski definition) is 5. The first kappa shape index (κ1) is 20.9. The van der Waals surface area contributed by atoms with Gasteiger partial charge in [0.25, 0.3) is 10.0 Å². The lowest BCUT2D eigenvalue weighted by molar-refractivity contribution is -0.143. The highest BCUT2D eigenvalue weighted by molar-refractivity contribution is 7.92. The molecule has 2 aliphatic carbocycles. The molecule has 2 aliphatic rings. The minimum Gasteiger partial charge on any atom is -0.468 e. The van der Waals surface area contributed by atoms with Gasteiger partial charge in [-0.15, -0.1) is 0 Å². The molecule has 0 amide bonds. The predicted octanol–water partition coefficient (Wildman–Crippen LogP) is 3.48. The van der Waals surface area contributed by atoms with Crippen molar-refractivity contribution < 1.29 is 17.9 Å². The normalized spacial score (nSPS) is 18.3. The molecule has 8 heteroatoms. The van der Waals surface area contributed by atoms with Gasteiger partial charge in [-0.25, -0.2) is 14.1 Å². The van der Waals surface area contributed by atoms with Gasteiger partial charge in [0.1, 0.15) is 6.33 Å². The minimum absolute atomic E-state index is 0.219. The monoisotopic (exact) mass is 431 g/mol. The average Bonchev–Trinajstić information content (AvgIpc) is 3.14. The van der Waals surface area contributed by atoms with E-state index in [2.05, 4.69) is 4.98 Å². The van der Waals surface area contributed by atoms with Crippen molar-refractivity contribution in [2.75, 3.05) is 18.1 Å². The highest BCUT2D eigenvalue weighted by Crippen LogP contribution is 2.53. The number of methoxy groups -OCH3 is 1. The Bertz CT molecular complexity index is 1010. The molecule has 2 fully saturated rings. The third kappa shape index (κ3) is 3.51. The Labute approximate surface area is 178 Å². The van der Waals surface area contributed by atoms with Crippen molar-refractivity contribution >= 4 is 16.0 Å². The molecule has 0 aliphatic heterocycles. The third-order valence-corrected chi connectivity index (χ3v) is 8.17. The first-order valence-corrected chi connectivity index (χ1v) is 12.1. The van der Waals surface area contributed by atoms with Crippen molar-refractivity contribution in [3.63, 3.8) is 0 Å². The summed E-state index contributed by atoms with van der Waals surface area (Å²) in [5.74, 6) is 0.0635. The van der Waals surface area contributed by atoms with Gasteiger partial charge in [0.05, 0.1) is 24.0 Å². The summed E-state index contributed by atoms with van der Waals surface area (Å²) in [4.78, 5) is 16.8. The van der Waals surface area contributed by atoms with E-state index in [0.29, 0.717) is 13.0 Å². The first-order valence-electron chi connectivity index (χ1n) is 10.7. The van der Waals surface area contributed by atoms with Crippen LogP contribution >= 0.6 is 0 Å². The minimum atomic E-state index is -3.77. The summed E-state index contributed by atoms with van der Waals surface area (Å²) >= 11 is 0. The van der Waals surface area contributed by atoms with Gasteiger partial charge in [-0.3, -0.25) is 4.79 Å². The van der Waals surface area contributed by atoms with Gasteiger partial charge in [-0.05, 0) is 61.3 Å². The number of rotatable bonds is 8. The van der Waals surface area contributed by atoms with Crippen LogP contribution < -0.4 is 4.41 Å². The van der Waals surface area contributed by atoms with E-state index in [1.165, 1.54) is 22.5 Å². The van der Waals surface area contributed by atoms with Gasteiger partial charge < -0.3 is 4.74 Å². The van der Waals surface area contributed by atoms with E-state index in [0.717, 1.165) is 49.7 Å². The molecule has 2 saturated carbocycles. The van der Waals surface area contributed by atoms with Crippen LogP contribution in [0.3, 0.4) is 0 Å². The Morgan fingerprint density at radius 3 is 2.60 bits per heavy atom. The molecule has 0 spiro atoms. The van der Waals surface area contributed by atoms with Crippen LogP contribution in [0.1, 0.15) is 68.9 Å². The molecule has 1 heterocycles. The van der Waals surface area contributed by atoms with Gasteiger partial charge in [-0.1, -0.05) is 25.8 Å². The lowest BCUT2D eigenvalue weighted by atomic mass is 9.84. The molecule has 0 radical (unpaired) electrons. The molecule has 1 aromatic heterocycles. The molecule has 0 N–H and O–H groups in total. The summed E-state index contributed by atoms with van der Waals surface area (Å²) in [6.45, 7) is 2.30. The molecule has 7 nitrogen and oxygen atoms in total. The summed E-state index contributed by atoms with van der Waals surface area (Å²) in [6, 6.07) is 5.30. The maximum atomic E-state index is 13.5. The standard InChI is InChI=1S/C22H29N3O4S/c1-3-13-25(24-14-12-23-16-24)30(27,28)18-8-9-20(22(10-11-22)21(26)29-2)19(15-18)17-6-4-5-7-17/h8-9,12,14-17H,3-7,10-11,13H2,1-2H3. The van der Waals surface area contributed by atoms with E-state index in [-0.39, 0.29) is 16.8 Å². The maximum Gasteiger partial charge on any atom is 0.316 e. The first-order chi connectivity index (χ1) is 14.4. The number of carbonyl (C=O) groups excluding carboxylic acids is 1. The Kier molecular flexibility index (Phi) is 5.61. The number of esters is 1. The van der Waals surface area contributed by atoms with Crippen LogP contribution in [0.2, 0.25) is 0 Å². The van der Waals surface area contributed by atoms with Gasteiger partial charge in [-0.2, -0.15) is 8.42 Å². The fourth-order valence-corrected chi connectivity index (χ4v) is 6.20. The van der Waals surface area contributed by atoms with Crippen molar-refractivity contribution in [1.82, 2.24) is 9.66 Å². The molecule has 162 valence electrons. The number of benzene rings is 1. The predicted molar refractivity (Wildman–Crippen MR) is 113 cm³/mol. The highest BCUT2D eigenvalue weighted by Gasteiger charge is 2.54. The SMILES string of the molecule is CCCN(n1ccnc1)S(=O)(=O)c1ccc(C2(C(=O)OC)CC2)c(C2CCCC2)c1. The van der Waals surface area contributed by atoms with Crippen LogP contribution in [-0.4, -0.2) is 37.7 Å². The highest BCUT2D eigenvalue weighted by atomic mass is 32.2. The van der Waals surface area contributed by atoms with Gasteiger partial charge in [0.15, 0.2) is 0 Å². The number of ether oxygens (including phenoxy) is 1. The summed E-state index contributed by atoms with van der Waals surface area (Å²) in [5, 5.41) is 0. The van der Waals surface area contributed by atoms with E-state index in [1.807, 2.05) is 19.1 Å². The van der Waals surface area contributed by atoms with Crippen LogP contribution in [0.4, 0.5) is 0 Å². The van der Waals surface area contributed by atoms with E-state index < -0.39 is 15.4 Å².